The lowest BCUT2D eigenvalue weighted by molar-refractivity contribution is -0.671. The third-order valence-corrected chi connectivity index (χ3v) is 22.7. The number of unbranched alkanes of at least 4 members (excludes halogenated alkanes) is 1. The predicted molar refractivity (Wildman–Crippen MR) is 168 cm³/mol. The lowest BCUT2D eigenvalue weighted by Gasteiger charge is -2.42. The SMILES string of the molecule is COCCCC[Si](C)(O[Si](C)(C)O[Si](CCCn1cc[n+](C)c1)(OC)OC)O[Si](CCCn1cc[n+](C)c1)(OC)OC. The summed E-state index contributed by atoms with van der Waals surface area (Å²) in [4.78, 5) is 0. The molecule has 2 aromatic heterocycles. The zero-order chi connectivity index (χ0) is 31.3. The second kappa shape index (κ2) is 17.5. The Hall–Kier alpha value is -1.03. The molecular formula is C26H56N4O8Si4+2. The van der Waals surface area contributed by atoms with E-state index < -0.39 is 34.7 Å². The summed E-state index contributed by atoms with van der Waals surface area (Å²) in [7, 11) is 0.779. The molecule has 12 nitrogen and oxygen atoms in total. The first kappa shape index (κ1) is 37.2. The van der Waals surface area contributed by atoms with E-state index in [2.05, 4.69) is 53.8 Å². The number of ether oxygens (including phenoxy) is 1. The molecule has 16 heteroatoms. The summed E-state index contributed by atoms with van der Waals surface area (Å²) in [6, 6.07) is 2.13. The lowest BCUT2D eigenvalue weighted by atomic mass is 10.4. The van der Waals surface area contributed by atoms with Crippen LogP contribution in [-0.4, -0.2) is 86.0 Å². The molecule has 242 valence electrons. The summed E-state index contributed by atoms with van der Waals surface area (Å²) in [5.74, 6) is 0. The van der Waals surface area contributed by atoms with Gasteiger partial charge in [0.1, 0.15) is 24.8 Å². The van der Waals surface area contributed by atoms with Crippen molar-refractivity contribution in [2.75, 3.05) is 42.2 Å². The highest BCUT2D eigenvalue weighted by Gasteiger charge is 2.53. The molecule has 0 aliphatic rings. The number of hydrogen-bond donors (Lipinski definition) is 0. The van der Waals surface area contributed by atoms with Gasteiger partial charge in [-0.05, 0) is 51.4 Å². The van der Waals surface area contributed by atoms with Gasteiger partial charge in [0.05, 0.1) is 27.2 Å². The van der Waals surface area contributed by atoms with E-state index >= 15 is 0 Å². The van der Waals surface area contributed by atoms with Crippen LogP contribution in [0.25, 0.3) is 0 Å². The Labute approximate surface area is 257 Å². The molecule has 0 N–H and O–H groups in total. The van der Waals surface area contributed by atoms with Crippen molar-refractivity contribution in [2.45, 2.75) is 76.5 Å². The fourth-order valence-electron chi connectivity index (χ4n) is 5.13. The van der Waals surface area contributed by atoms with Gasteiger partial charge in [-0.3, -0.25) is 0 Å². The monoisotopic (exact) mass is 664 g/mol. The van der Waals surface area contributed by atoms with Crippen molar-refractivity contribution >= 4 is 34.7 Å². The Morgan fingerprint density at radius 3 is 1.48 bits per heavy atom. The number of nitrogens with zero attached hydrogens (tertiary/aromatic N) is 4. The normalized spacial score (nSPS) is 14.4. The largest absolute Gasteiger partial charge is 0.491 e. The summed E-state index contributed by atoms with van der Waals surface area (Å²) < 4.78 is 58.4. The summed E-state index contributed by atoms with van der Waals surface area (Å²) in [5.41, 5.74) is 0. The summed E-state index contributed by atoms with van der Waals surface area (Å²) in [6.07, 6.45) is 15.8. The smallest absolute Gasteiger partial charge is 0.416 e. The Morgan fingerprint density at radius 1 is 0.595 bits per heavy atom. The van der Waals surface area contributed by atoms with Crippen molar-refractivity contribution in [2.24, 2.45) is 14.1 Å². The highest BCUT2D eigenvalue weighted by molar-refractivity contribution is 6.87. The zero-order valence-electron chi connectivity index (χ0n) is 27.6. The van der Waals surface area contributed by atoms with Crippen LogP contribution in [0.1, 0.15) is 25.7 Å². The minimum Gasteiger partial charge on any atom is -0.416 e. The number of aromatic nitrogens is 4. The molecule has 0 aliphatic heterocycles. The molecule has 2 rings (SSSR count). The molecule has 2 aromatic rings. The Morgan fingerprint density at radius 2 is 1.07 bits per heavy atom. The predicted octanol–water partition coefficient (Wildman–Crippen LogP) is 3.13. The summed E-state index contributed by atoms with van der Waals surface area (Å²) in [6.45, 7) is 8.60. The molecule has 0 bridgehead atoms. The first-order valence-corrected chi connectivity index (χ1v) is 23.9. The Kier molecular flexibility index (Phi) is 15.4. The second-order valence-electron chi connectivity index (χ2n) is 11.3. The van der Waals surface area contributed by atoms with Crippen molar-refractivity contribution in [3.8, 4) is 0 Å². The van der Waals surface area contributed by atoms with Crippen LogP contribution >= 0.6 is 0 Å². The van der Waals surface area contributed by atoms with Gasteiger partial charge in [0.2, 0.25) is 12.7 Å². The standard InChI is InChI=1S/C26H56N4O8Si4/c1-27-17-19-29(25-27)15-13-23-41(32-4,33-5)37-39(8,9)36-40(10,22-12-11-21-31-3)38-42(34-6,35-7)24-14-16-30-20-18-28(2)26-30/h17-20,25-26H,11-16,21-24H2,1-10H3/q+2. The molecule has 0 aromatic carbocycles. The lowest BCUT2D eigenvalue weighted by Crippen LogP contribution is -2.61. The molecule has 42 heavy (non-hydrogen) atoms. The van der Waals surface area contributed by atoms with E-state index in [-0.39, 0.29) is 0 Å². The van der Waals surface area contributed by atoms with Gasteiger partial charge in [-0.15, -0.1) is 0 Å². The Balaban J connectivity index is 2.17. The van der Waals surface area contributed by atoms with Gasteiger partial charge in [0.15, 0.2) is 0 Å². The van der Waals surface area contributed by atoms with Crippen LogP contribution in [0.15, 0.2) is 37.4 Å². The summed E-state index contributed by atoms with van der Waals surface area (Å²) >= 11 is 0. The quantitative estimate of drug-likeness (QED) is 0.102. The minimum atomic E-state index is -3.03. The maximum atomic E-state index is 6.98. The van der Waals surface area contributed by atoms with E-state index in [4.69, 9.17) is 34.8 Å². The van der Waals surface area contributed by atoms with E-state index in [0.717, 1.165) is 44.8 Å². The van der Waals surface area contributed by atoms with Crippen LogP contribution in [0.2, 0.25) is 37.8 Å². The zero-order valence-corrected chi connectivity index (χ0v) is 31.6. The third kappa shape index (κ3) is 12.2. The first-order chi connectivity index (χ1) is 19.9. The van der Waals surface area contributed by atoms with E-state index in [1.165, 1.54) is 0 Å². The molecule has 1 atom stereocenters. The van der Waals surface area contributed by atoms with Crippen LogP contribution < -0.4 is 9.13 Å². The number of hydrogen-bond acceptors (Lipinski definition) is 8. The van der Waals surface area contributed by atoms with Crippen LogP contribution in [-0.2, 0) is 62.0 Å². The van der Waals surface area contributed by atoms with E-state index in [9.17, 15) is 0 Å². The van der Waals surface area contributed by atoms with Gasteiger partial charge < -0.3 is 34.8 Å². The fourth-order valence-corrected chi connectivity index (χ4v) is 22.2. The topological polar surface area (TPSA) is 91.5 Å². The van der Waals surface area contributed by atoms with Gasteiger partial charge >= 0.3 is 34.7 Å². The molecule has 0 amide bonds. The van der Waals surface area contributed by atoms with E-state index in [1.807, 2.05) is 35.6 Å². The van der Waals surface area contributed by atoms with E-state index in [0.29, 0.717) is 18.7 Å². The molecule has 0 saturated heterocycles. The molecular weight excluding hydrogens is 609 g/mol. The molecule has 1 unspecified atom stereocenters. The third-order valence-electron chi connectivity index (χ3n) is 7.15. The van der Waals surface area contributed by atoms with Gasteiger partial charge in [0, 0.05) is 54.2 Å². The molecule has 0 radical (unpaired) electrons. The van der Waals surface area contributed by atoms with Gasteiger partial charge in [-0.25, -0.2) is 18.3 Å². The molecule has 0 aliphatic carbocycles. The first-order valence-electron chi connectivity index (χ1n) is 14.7. The number of rotatable bonds is 23. The minimum absolute atomic E-state index is 0.681. The van der Waals surface area contributed by atoms with Crippen LogP contribution in [0.3, 0.4) is 0 Å². The average molecular weight is 665 g/mol. The molecule has 2 heterocycles. The highest BCUT2D eigenvalue weighted by Crippen LogP contribution is 2.32. The molecule has 0 saturated carbocycles. The van der Waals surface area contributed by atoms with Gasteiger partial charge in [0.25, 0.3) is 0 Å². The fraction of sp³-hybridized carbons (Fsp3) is 0.769. The van der Waals surface area contributed by atoms with Crippen LogP contribution in [0.5, 0.6) is 0 Å². The number of aryl methyl sites for hydroxylation is 4. The van der Waals surface area contributed by atoms with Crippen LogP contribution in [0.4, 0.5) is 0 Å². The van der Waals surface area contributed by atoms with Crippen molar-refractivity contribution in [3.05, 3.63) is 37.4 Å². The number of methoxy groups -OCH3 is 1. The van der Waals surface area contributed by atoms with E-state index in [1.54, 1.807) is 35.5 Å². The van der Waals surface area contributed by atoms with Gasteiger partial charge in [-0.1, -0.05) is 0 Å². The average Bonchev–Trinajstić information content (AvgIpc) is 3.56. The number of imidazole rings is 2. The maximum Gasteiger partial charge on any atom is 0.491 e. The highest BCUT2D eigenvalue weighted by atomic mass is 28.5. The second-order valence-corrected chi connectivity index (χ2v) is 24.7. The van der Waals surface area contributed by atoms with Crippen molar-refractivity contribution < 1.29 is 43.9 Å². The Bertz CT molecular complexity index is 1040. The maximum absolute atomic E-state index is 6.98. The summed E-state index contributed by atoms with van der Waals surface area (Å²) in [5, 5.41) is 0. The van der Waals surface area contributed by atoms with Crippen molar-refractivity contribution in [1.29, 1.82) is 0 Å². The van der Waals surface area contributed by atoms with Crippen LogP contribution in [0, 0.1) is 0 Å². The molecule has 0 fully saturated rings. The van der Waals surface area contributed by atoms with Crippen molar-refractivity contribution in [3.63, 3.8) is 0 Å². The molecule has 0 spiro atoms. The van der Waals surface area contributed by atoms with Crippen molar-refractivity contribution in [1.82, 2.24) is 9.13 Å². The van der Waals surface area contributed by atoms with Gasteiger partial charge in [-0.2, -0.15) is 0 Å².